The SMILES string of the molecule is COc1ccc(Br)c(NC(=O)[C@@H](N)CCSC)c1. The van der Waals surface area contributed by atoms with Crippen LogP contribution in [0.3, 0.4) is 0 Å². The van der Waals surface area contributed by atoms with Crippen LogP contribution in [0.25, 0.3) is 0 Å². The number of carbonyl (C=O) groups is 1. The van der Waals surface area contributed by atoms with E-state index < -0.39 is 6.04 Å². The minimum absolute atomic E-state index is 0.182. The molecule has 1 amide bonds. The average Bonchev–Trinajstić information content (AvgIpc) is 2.38. The Balaban J connectivity index is 2.68. The van der Waals surface area contributed by atoms with Crippen molar-refractivity contribution in [3.63, 3.8) is 0 Å². The highest BCUT2D eigenvalue weighted by Gasteiger charge is 2.14. The predicted octanol–water partition coefficient (Wildman–Crippen LogP) is 2.48. The number of rotatable bonds is 6. The van der Waals surface area contributed by atoms with Crippen molar-refractivity contribution in [3.05, 3.63) is 22.7 Å². The van der Waals surface area contributed by atoms with E-state index in [4.69, 9.17) is 10.5 Å². The third-order valence-electron chi connectivity index (χ3n) is 2.40. The highest BCUT2D eigenvalue weighted by atomic mass is 79.9. The lowest BCUT2D eigenvalue weighted by atomic mass is 10.2. The zero-order chi connectivity index (χ0) is 13.5. The summed E-state index contributed by atoms with van der Waals surface area (Å²) in [6.07, 6.45) is 2.65. The first kappa shape index (κ1) is 15.3. The summed E-state index contributed by atoms with van der Waals surface area (Å²) in [4.78, 5) is 11.9. The van der Waals surface area contributed by atoms with Crippen molar-refractivity contribution < 1.29 is 9.53 Å². The first-order valence-electron chi connectivity index (χ1n) is 5.47. The number of ether oxygens (including phenoxy) is 1. The summed E-state index contributed by atoms with van der Waals surface area (Å²) >= 11 is 5.05. The fourth-order valence-corrected chi connectivity index (χ4v) is 2.16. The second-order valence-corrected chi connectivity index (χ2v) is 5.56. The summed E-state index contributed by atoms with van der Waals surface area (Å²) in [5.41, 5.74) is 6.47. The number of hydrogen-bond donors (Lipinski definition) is 2. The predicted molar refractivity (Wildman–Crippen MR) is 80.3 cm³/mol. The van der Waals surface area contributed by atoms with Crippen LogP contribution in [0.5, 0.6) is 5.75 Å². The van der Waals surface area contributed by atoms with Gasteiger partial charge in [-0.15, -0.1) is 0 Å². The number of methoxy groups -OCH3 is 1. The van der Waals surface area contributed by atoms with Crippen LogP contribution in [-0.2, 0) is 4.79 Å². The van der Waals surface area contributed by atoms with Gasteiger partial charge in [-0.1, -0.05) is 0 Å². The molecule has 4 nitrogen and oxygen atoms in total. The second kappa shape index (κ2) is 7.66. The van der Waals surface area contributed by atoms with Gasteiger partial charge in [0.1, 0.15) is 5.75 Å². The molecule has 1 atom stereocenters. The Hall–Kier alpha value is -0.720. The summed E-state index contributed by atoms with van der Waals surface area (Å²) in [5.74, 6) is 1.37. The molecule has 0 aliphatic heterocycles. The van der Waals surface area contributed by atoms with Crippen LogP contribution in [0, 0.1) is 0 Å². The van der Waals surface area contributed by atoms with Gasteiger partial charge in [-0.05, 0) is 46.5 Å². The van der Waals surface area contributed by atoms with E-state index in [-0.39, 0.29) is 5.91 Å². The Morgan fingerprint density at radius 1 is 1.61 bits per heavy atom. The smallest absolute Gasteiger partial charge is 0.241 e. The Morgan fingerprint density at radius 3 is 2.94 bits per heavy atom. The minimum Gasteiger partial charge on any atom is -0.497 e. The fraction of sp³-hybridized carbons (Fsp3) is 0.417. The molecule has 0 aromatic heterocycles. The maximum atomic E-state index is 11.9. The maximum Gasteiger partial charge on any atom is 0.241 e. The van der Waals surface area contributed by atoms with E-state index in [0.717, 1.165) is 10.2 Å². The molecule has 6 heteroatoms. The second-order valence-electron chi connectivity index (χ2n) is 3.72. The van der Waals surface area contributed by atoms with E-state index in [0.29, 0.717) is 17.9 Å². The number of halogens is 1. The van der Waals surface area contributed by atoms with Crippen LogP contribution in [0.1, 0.15) is 6.42 Å². The molecule has 0 radical (unpaired) electrons. The highest BCUT2D eigenvalue weighted by molar-refractivity contribution is 9.10. The average molecular weight is 333 g/mol. The van der Waals surface area contributed by atoms with E-state index in [1.165, 1.54) is 0 Å². The van der Waals surface area contributed by atoms with Crippen molar-refractivity contribution in [2.45, 2.75) is 12.5 Å². The van der Waals surface area contributed by atoms with Crippen molar-refractivity contribution in [1.82, 2.24) is 0 Å². The molecular formula is C12H17BrN2O2S. The van der Waals surface area contributed by atoms with Crippen LogP contribution < -0.4 is 15.8 Å². The maximum absolute atomic E-state index is 11.9. The number of benzene rings is 1. The quantitative estimate of drug-likeness (QED) is 0.839. The van der Waals surface area contributed by atoms with Gasteiger partial charge >= 0.3 is 0 Å². The monoisotopic (exact) mass is 332 g/mol. The van der Waals surface area contributed by atoms with Crippen LogP contribution in [0.15, 0.2) is 22.7 Å². The first-order chi connectivity index (χ1) is 8.58. The fourth-order valence-electron chi connectivity index (χ4n) is 1.33. The Bertz CT molecular complexity index is 415. The molecule has 18 heavy (non-hydrogen) atoms. The molecule has 0 spiro atoms. The molecule has 1 aromatic rings. The van der Waals surface area contributed by atoms with Crippen LogP contribution in [0.4, 0.5) is 5.69 Å². The Labute approximate surface area is 120 Å². The molecule has 0 aliphatic carbocycles. The summed E-state index contributed by atoms with van der Waals surface area (Å²) in [7, 11) is 1.58. The summed E-state index contributed by atoms with van der Waals surface area (Å²) < 4.78 is 5.91. The summed E-state index contributed by atoms with van der Waals surface area (Å²) in [6, 6.07) is 4.90. The minimum atomic E-state index is -0.490. The summed E-state index contributed by atoms with van der Waals surface area (Å²) in [5, 5.41) is 2.79. The van der Waals surface area contributed by atoms with Crippen LogP contribution in [0.2, 0.25) is 0 Å². The summed E-state index contributed by atoms with van der Waals surface area (Å²) in [6.45, 7) is 0. The van der Waals surface area contributed by atoms with Gasteiger partial charge in [0, 0.05) is 10.5 Å². The number of nitrogens with two attached hydrogens (primary N) is 1. The Morgan fingerprint density at radius 2 is 2.33 bits per heavy atom. The van der Waals surface area contributed by atoms with Crippen molar-refractivity contribution in [3.8, 4) is 5.75 Å². The molecule has 3 N–H and O–H groups in total. The van der Waals surface area contributed by atoms with E-state index in [9.17, 15) is 4.79 Å². The van der Waals surface area contributed by atoms with Gasteiger partial charge in [0.05, 0.1) is 18.8 Å². The van der Waals surface area contributed by atoms with Crippen LogP contribution in [-0.4, -0.2) is 31.1 Å². The van der Waals surface area contributed by atoms with Crippen LogP contribution >= 0.6 is 27.7 Å². The van der Waals surface area contributed by atoms with Crippen molar-refractivity contribution >= 4 is 39.3 Å². The molecule has 0 aliphatic rings. The number of thioether (sulfide) groups is 1. The lowest BCUT2D eigenvalue weighted by Crippen LogP contribution is -2.36. The van der Waals surface area contributed by atoms with Gasteiger partial charge in [-0.25, -0.2) is 0 Å². The zero-order valence-electron chi connectivity index (χ0n) is 10.4. The van der Waals surface area contributed by atoms with E-state index in [1.54, 1.807) is 24.9 Å². The van der Waals surface area contributed by atoms with E-state index in [1.807, 2.05) is 18.4 Å². The molecule has 0 bridgehead atoms. The molecule has 0 saturated heterocycles. The van der Waals surface area contributed by atoms with Gasteiger partial charge < -0.3 is 15.8 Å². The number of amides is 1. The van der Waals surface area contributed by atoms with Crippen molar-refractivity contribution in [2.24, 2.45) is 5.73 Å². The number of carbonyl (C=O) groups excluding carboxylic acids is 1. The van der Waals surface area contributed by atoms with E-state index in [2.05, 4.69) is 21.2 Å². The van der Waals surface area contributed by atoms with Gasteiger partial charge in [-0.3, -0.25) is 4.79 Å². The van der Waals surface area contributed by atoms with Crippen molar-refractivity contribution in [2.75, 3.05) is 24.4 Å². The third-order valence-corrected chi connectivity index (χ3v) is 3.74. The lowest BCUT2D eigenvalue weighted by molar-refractivity contribution is -0.117. The van der Waals surface area contributed by atoms with Gasteiger partial charge in [0.2, 0.25) is 5.91 Å². The number of hydrogen-bond acceptors (Lipinski definition) is 4. The lowest BCUT2D eigenvalue weighted by Gasteiger charge is -2.13. The molecule has 0 unspecified atom stereocenters. The normalized spacial score (nSPS) is 12.0. The zero-order valence-corrected chi connectivity index (χ0v) is 12.8. The van der Waals surface area contributed by atoms with Gasteiger partial charge in [-0.2, -0.15) is 11.8 Å². The molecule has 100 valence electrons. The van der Waals surface area contributed by atoms with E-state index >= 15 is 0 Å². The van der Waals surface area contributed by atoms with Gasteiger partial charge in [0.15, 0.2) is 0 Å². The Kier molecular flexibility index (Phi) is 6.52. The largest absolute Gasteiger partial charge is 0.497 e. The molecule has 0 heterocycles. The number of nitrogens with one attached hydrogen (secondary N) is 1. The molecule has 1 aromatic carbocycles. The standard InChI is InChI=1S/C12H17BrN2O2S/c1-17-8-3-4-9(13)11(7-8)15-12(16)10(14)5-6-18-2/h3-4,7,10H,5-6,14H2,1-2H3,(H,15,16)/t10-/m0/s1. The number of anilines is 1. The molecular weight excluding hydrogens is 316 g/mol. The molecule has 0 fully saturated rings. The first-order valence-corrected chi connectivity index (χ1v) is 7.66. The highest BCUT2D eigenvalue weighted by Crippen LogP contribution is 2.27. The van der Waals surface area contributed by atoms with Crippen molar-refractivity contribution in [1.29, 1.82) is 0 Å². The van der Waals surface area contributed by atoms with Gasteiger partial charge in [0.25, 0.3) is 0 Å². The third kappa shape index (κ3) is 4.51. The molecule has 1 rings (SSSR count). The topological polar surface area (TPSA) is 64.3 Å². The molecule has 0 saturated carbocycles.